The van der Waals surface area contributed by atoms with Gasteiger partial charge < -0.3 is 10.6 Å². The van der Waals surface area contributed by atoms with Crippen molar-refractivity contribution in [3.8, 4) is 0 Å². The van der Waals surface area contributed by atoms with Crippen LogP contribution in [0.5, 0.6) is 0 Å². The third-order valence-electron chi connectivity index (χ3n) is 2.59. The zero-order valence-electron chi connectivity index (χ0n) is 8.75. The summed E-state index contributed by atoms with van der Waals surface area (Å²) in [5, 5.41) is 6.66. The highest BCUT2D eigenvalue weighted by Crippen LogP contribution is 2.12. The number of hydrogen-bond acceptors (Lipinski definition) is 3. The highest BCUT2D eigenvalue weighted by Gasteiger charge is 2.23. The fraction of sp³-hybridized carbons (Fsp3) is 0.900. The summed E-state index contributed by atoms with van der Waals surface area (Å²) in [7, 11) is 0. The Morgan fingerprint density at radius 3 is 3.00 bits per heavy atom. The Bertz CT molecular complexity index is 187. The molecule has 82 valence electrons. The third-order valence-corrected chi connectivity index (χ3v) is 3.21. The van der Waals surface area contributed by atoms with Gasteiger partial charge in [0.1, 0.15) is 0 Å². The van der Waals surface area contributed by atoms with Gasteiger partial charge in [-0.25, -0.2) is 0 Å². The van der Waals surface area contributed by atoms with Gasteiger partial charge in [0.2, 0.25) is 5.91 Å². The molecule has 0 bridgehead atoms. The lowest BCUT2D eigenvalue weighted by molar-refractivity contribution is -0.121. The molecule has 0 aliphatic carbocycles. The minimum Gasteiger partial charge on any atom is -0.354 e. The summed E-state index contributed by atoms with van der Waals surface area (Å²) in [6.07, 6.45) is 3.80. The first-order chi connectivity index (χ1) is 6.74. The SMILES string of the molecule is CCCCC(=O)NC[C@@H]1NCC[C@@H]1S. The molecule has 0 saturated carbocycles. The third kappa shape index (κ3) is 3.88. The van der Waals surface area contributed by atoms with Gasteiger partial charge in [-0.2, -0.15) is 12.6 Å². The standard InChI is InChI=1S/C10H20N2OS/c1-2-3-4-10(13)12-7-8-9(14)5-6-11-8/h8-9,11,14H,2-7H2,1H3,(H,12,13)/t8-,9-/m0/s1. The van der Waals surface area contributed by atoms with Crippen LogP contribution in [-0.4, -0.2) is 30.3 Å². The van der Waals surface area contributed by atoms with Crippen LogP contribution in [0.4, 0.5) is 0 Å². The highest BCUT2D eigenvalue weighted by molar-refractivity contribution is 7.81. The Labute approximate surface area is 91.4 Å². The van der Waals surface area contributed by atoms with E-state index in [1.54, 1.807) is 0 Å². The summed E-state index contributed by atoms with van der Waals surface area (Å²) >= 11 is 4.45. The number of carbonyl (C=O) groups is 1. The summed E-state index contributed by atoms with van der Waals surface area (Å²) in [5.41, 5.74) is 0. The number of amides is 1. The molecule has 2 atom stereocenters. The maximum absolute atomic E-state index is 11.3. The van der Waals surface area contributed by atoms with E-state index in [9.17, 15) is 4.79 Å². The second-order valence-electron chi connectivity index (χ2n) is 3.82. The Morgan fingerprint density at radius 2 is 2.43 bits per heavy atom. The molecule has 1 fully saturated rings. The van der Waals surface area contributed by atoms with Crippen molar-refractivity contribution in [2.24, 2.45) is 0 Å². The summed E-state index contributed by atoms with van der Waals surface area (Å²) in [6, 6.07) is 0.351. The van der Waals surface area contributed by atoms with E-state index in [1.165, 1.54) is 0 Å². The molecule has 3 nitrogen and oxygen atoms in total. The van der Waals surface area contributed by atoms with Gasteiger partial charge in [-0.3, -0.25) is 4.79 Å². The van der Waals surface area contributed by atoms with Crippen LogP contribution in [-0.2, 0) is 4.79 Å². The lowest BCUT2D eigenvalue weighted by atomic mass is 10.2. The smallest absolute Gasteiger partial charge is 0.220 e. The zero-order valence-corrected chi connectivity index (χ0v) is 9.65. The second-order valence-corrected chi connectivity index (χ2v) is 4.49. The molecule has 2 N–H and O–H groups in total. The molecule has 1 heterocycles. The fourth-order valence-electron chi connectivity index (χ4n) is 1.61. The van der Waals surface area contributed by atoms with Gasteiger partial charge in [0.05, 0.1) is 0 Å². The van der Waals surface area contributed by atoms with Gasteiger partial charge in [0.25, 0.3) is 0 Å². The predicted molar refractivity (Wildman–Crippen MR) is 61.7 cm³/mol. The summed E-state index contributed by atoms with van der Waals surface area (Å²) in [5.74, 6) is 0.168. The largest absolute Gasteiger partial charge is 0.354 e. The van der Waals surface area contributed by atoms with Gasteiger partial charge in [-0.1, -0.05) is 13.3 Å². The van der Waals surface area contributed by atoms with Gasteiger partial charge in [0.15, 0.2) is 0 Å². The Balaban J connectivity index is 2.10. The molecule has 1 saturated heterocycles. The van der Waals surface area contributed by atoms with Gasteiger partial charge >= 0.3 is 0 Å². The molecule has 0 radical (unpaired) electrons. The van der Waals surface area contributed by atoms with Crippen LogP contribution in [0.1, 0.15) is 32.6 Å². The van der Waals surface area contributed by atoms with Crippen molar-refractivity contribution < 1.29 is 4.79 Å². The average molecular weight is 216 g/mol. The van der Waals surface area contributed by atoms with Crippen LogP contribution in [0.2, 0.25) is 0 Å². The number of carbonyl (C=O) groups excluding carboxylic acids is 1. The number of hydrogen-bond donors (Lipinski definition) is 3. The Hall–Kier alpha value is -0.220. The maximum atomic E-state index is 11.3. The first kappa shape index (κ1) is 11.9. The van der Waals surface area contributed by atoms with E-state index in [2.05, 4.69) is 30.2 Å². The molecule has 14 heavy (non-hydrogen) atoms. The lowest BCUT2D eigenvalue weighted by Gasteiger charge is -2.15. The van der Waals surface area contributed by atoms with E-state index >= 15 is 0 Å². The minimum atomic E-state index is 0.168. The van der Waals surface area contributed by atoms with Gasteiger partial charge in [0, 0.05) is 24.3 Å². The monoisotopic (exact) mass is 216 g/mol. The molecule has 1 amide bonds. The van der Waals surface area contributed by atoms with Crippen LogP contribution in [0.15, 0.2) is 0 Å². The molecule has 4 heteroatoms. The van der Waals surface area contributed by atoms with E-state index in [0.717, 1.165) is 32.4 Å². The van der Waals surface area contributed by atoms with Crippen molar-refractivity contribution in [2.45, 2.75) is 43.9 Å². The van der Waals surface area contributed by atoms with Crippen LogP contribution in [0.3, 0.4) is 0 Å². The molecule has 1 aliphatic rings. The van der Waals surface area contributed by atoms with Crippen LogP contribution < -0.4 is 10.6 Å². The van der Waals surface area contributed by atoms with Crippen LogP contribution in [0.25, 0.3) is 0 Å². The maximum Gasteiger partial charge on any atom is 0.220 e. The van der Waals surface area contributed by atoms with E-state index in [4.69, 9.17) is 0 Å². The predicted octanol–water partition coefficient (Wildman–Crippen LogP) is 0.953. The Kier molecular flexibility index (Phi) is 5.33. The molecule has 0 aromatic carbocycles. The lowest BCUT2D eigenvalue weighted by Crippen LogP contribution is -2.40. The van der Waals surface area contributed by atoms with Crippen LogP contribution >= 0.6 is 12.6 Å². The Morgan fingerprint density at radius 1 is 1.64 bits per heavy atom. The van der Waals surface area contributed by atoms with E-state index in [-0.39, 0.29) is 5.91 Å². The van der Waals surface area contributed by atoms with E-state index in [1.807, 2.05) is 0 Å². The fourth-order valence-corrected chi connectivity index (χ4v) is 1.95. The van der Waals surface area contributed by atoms with Gasteiger partial charge in [-0.05, 0) is 19.4 Å². The van der Waals surface area contributed by atoms with Crippen molar-refractivity contribution in [3.05, 3.63) is 0 Å². The van der Waals surface area contributed by atoms with Crippen LogP contribution in [0, 0.1) is 0 Å². The number of thiol groups is 1. The summed E-state index contributed by atoms with van der Waals surface area (Å²) < 4.78 is 0. The molecule has 0 unspecified atom stereocenters. The van der Waals surface area contributed by atoms with E-state index in [0.29, 0.717) is 17.7 Å². The molecule has 0 spiro atoms. The molecule has 1 rings (SSSR count). The molecule has 0 aromatic heterocycles. The summed E-state index contributed by atoms with van der Waals surface area (Å²) in [6.45, 7) is 3.83. The van der Waals surface area contributed by atoms with Crippen molar-refractivity contribution in [1.29, 1.82) is 0 Å². The first-order valence-electron chi connectivity index (χ1n) is 5.42. The summed E-state index contributed by atoms with van der Waals surface area (Å²) in [4.78, 5) is 11.3. The molecule has 1 aliphatic heterocycles. The minimum absolute atomic E-state index is 0.168. The van der Waals surface area contributed by atoms with E-state index < -0.39 is 0 Å². The van der Waals surface area contributed by atoms with Crippen molar-refractivity contribution in [1.82, 2.24) is 10.6 Å². The quantitative estimate of drug-likeness (QED) is 0.599. The normalized spacial score (nSPS) is 26.4. The molecule has 0 aromatic rings. The second kappa shape index (κ2) is 6.30. The highest BCUT2D eigenvalue weighted by atomic mass is 32.1. The number of rotatable bonds is 5. The molecular weight excluding hydrogens is 196 g/mol. The number of nitrogens with one attached hydrogen (secondary N) is 2. The van der Waals surface area contributed by atoms with Crippen molar-refractivity contribution >= 4 is 18.5 Å². The first-order valence-corrected chi connectivity index (χ1v) is 5.93. The van der Waals surface area contributed by atoms with Gasteiger partial charge in [-0.15, -0.1) is 0 Å². The number of unbranched alkanes of at least 4 members (excludes halogenated alkanes) is 1. The topological polar surface area (TPSA) is 41.1 Å². The average Bonchev–Trinajstić information content (AvgIpc) is 2.58. The zero-order chi connectivity index (χ0) is 10.4. The van der Waals surface area contributed by atoms with Crippen molar-refractivity contribution in [2.75, 3.05) is 13.1 Å². The van der Waals surface area contributed by atoms with Crippen molar-refractivity contribution in [3.63, 3.8) is 0 Å². The molecular formula is C10H20N2OS.